The predicted molar refractivity (Wildman–Crippen MR) is 455 cm³/mol. The molecule has 644 valence electrons. The number of aryl methyl sites for hydroxylation is 2. The Morgan fingerprint density at radius 2 is 0.516 bits per heavy atom. The number of methoxy groups -OCH3 is 2. The van der Waals surface area contributed by atoms with Gasteiger partial charge in [0.2, 0.25) is 0 Å². The number of carboxylic acid groups (broad SMARTS) is 4. The van der Waals surface area contributed by atoms with Gasteiger partial charge in [-0.1, -0.05) is 60.7 Å². The number of nitrogens with zero attached hydrogens (tertiary/aromatic N) is 2. The predicted octanol–water partition coefficient (Wildman–Crippen LogP) is 10.4. The molecule has 126 heavy (non-hydrogen) atoms. The largest absolute Gasteiger partial charge is 0.535 e. The van der Waals surface area contributed by atoms with Gasteiger partial charge in [-0.25, -0.2) is 29.1 Å². The summed E-state index contributed by atoms with van der Waals surface area (Å²) in [5.41, 5.74) is 11.3. The maximum Gasteiger partial charge on any atom is 0.526 e. The van der Waals surface area contributed by atoms with Gasteiger partial charge in [-0.3, -0.25) is 19.2 Å². The van der Waals surface area contributed by atoms with Gasteiger partial charge in [-0.15, -0.1) is 0 Å². The van der Waals surface area contributed by atoms with Crippen LogP contribution in [0.2, 0.25) is 46.5 Å². The summed E-state index contributed by atoms with van der Waals surface area (Å²) < 4.78 is 52.9. The normalized spacial score (nSPS) is 25.7. The van der Waals surface area contributed by atoms with Crippen LogP contribution < -0.4 is 46.7 Å². The van der Waals surface area contributed by atoms with Crippen LogP contribution in [0.1, 0.15) is 265 Å². The molecule has 8 aromatic rings. The zero-order valence-corrected chi connectivity index (χ0v) is 69.5. The highest BCUT2D eigenvalue weighted by atomic mass is 16.6. The van der Waals surface area contributed by atoms with E-state index in [0.717, 1.165) is 95.9 Å². The van der Waals surface area contributed by atoms with E-state index in [2.05, 4.69) is 9.97 Å². The molecule has 8 saturated carbocycles. The Bertz CT molecular complexity index is 5330. The highest BCUT2D eigenvalue weighted by Crippen LogP contribution is 2.67. The fourth-order valence-corrected chi connectivity index (χ4v) is 19.0. The lowest BCUT2D eigenvalue weighted by Crippen LogP contribution is -2.27. The van der Waals surface area contributed by atoms with Crippen molar-refractivity contribution in [3.63, 3.8) is 0 Å². The number of hydrogen-bond donors (Lipinski definition) is 12. The fraction of sp³-hybridized carbons (Fsp3) is 0.372. The molecule has 0 unspecified atom stereocenters. The van der Waals surface area contributed by atoms with Crippen LogP contribution in [0, 0.1) is 13.8 Å². The third-order valence-corrected chi connectivity index (χ3v) is 26.5. The minimum absolute atomic E-state index is 0.00519. The monoisotopic (exact) mass is 1710 g/mol. The minimum Gasteiger partial charge on any atom is -0.535 e. The van der Waals surface area contributed by atoms with Crippen LogP contribution in [0.15, 0.2) is 109 Å². The number of aromatic carboxylic acids is 4. The lowest BCUT2D eigenvalue weighted by atomic mass is 9.77. The summed E-state index contributed by atoms with van der Waals surface area (Å²) in [6.07, 6.45) is 10.5. The minimum atomic E-state index is -1.11. The van der Waals surface area contributed by atoms with Gasteiger partial charge in [0, 0.05) is 72.8 Å². The maximum absolute atomic E-state index is 11.4. The molecule has 8 aliphatic heterocycles. The summed E-state index contributed by atoms with van der Waals surface area (Å²) in [7, 11) is -3.70. The van der Waals surface area contributed by atoms with E-state index in [0.29, 0.717) is 91.8 Å². The smallest absolute Gasteiger partial charge is 0.526 e. The molecule has 40 heteroatoms. The number of ether oxygens (including phenoxy) is 2. The number of ketones is 4. The average molecular weight is 1710 g/mol. The molecule has 16 aliphatic rings. The van der Waals surface area contributed by atoms with Crippen LogP contribution in [0.3, 0.4) is 0 Å². The number of pyridine rings is 2. The maximum atomic E-state index is 11.4. The SMILES string of the molecule is CC(=O)c1cccc2c1OB(O)[C@@H]1C[C@H]21.CC(=O)c1cccc2c1OB(O)[C@H]1C[C@@H]21.CC(=O)c1nccc2c1OB(O)[C@@H]1C[C@H]21.CC(=O)c1nccc2c1OB(O)[C@H]1C[C@@H]21.COc1ccc2c(c1C(=O)O)OB(O)[C@@H]1C[C@H]21.COc1ccc2c(c1C(=O)O)OB(O)[C@H]1C[C@@H]21.Cc1ccc2c(c1C(=O)O)OB(O)[C@@H]1C[C@H]21.Cc1ccc2c(c1C(=O)O)OB(O)[C@H]1C[C@@H]21. The Labute approximate surface area is 724 Å². The number of hydrogen-bond acceptors (Lipinski definition) is 28. The van der Waals surface area contributed by atoms with E-state index < -0.39 is 80.8 Å². The first-order valence-electron chi connectivity index (χ1n) is 41.8. The van der Waals surface area contributed by atoms with Crippen LogP contribution in [0.5, 0.6) is 57.5 Å². The summed E-state index contributed by atoms with van der Waals surface area (Å²) in [5.74, 6) is 3.27. The van der Waals surface area contributed by atoms with Crippen LogP contribution in [0.4, 0.5) is 0 Å². The van der Waals surface area contributed by atoms with Gasteiger partial charge in [-0.2, -0.15) is 0 Å². The number of fused-ring (bicyclic) bond motifs is 24. The molecule has 0 spiro atoms. The molecule has 6 aromatic carbocycles. The molecule has 2 aromatic heterocycles. The van der Waals surface area contributed by atoms with Crippen molar-refractivity contribution in [2.45, 2.75) is 187 Å². The summed E-state index contributed by atoms with van der Waals surface area (Å²) in [5, 5.41) is 114. The Hall–Kier alpha value is -11.6. The first kappa shape index (κ1) is 86.5. The van der Waals surface area contributed by atoms with E-state index >= 15 is 0 Å². The zero-order valence-electron chi connectivity index (χ0n) is 69.5. The molecular formula is C86H86B8N2O30. The van der Waals surface area contributed by atoms with Crippen molar-refractivity contribution in [1.82, 2.24) is 9.97 Å². The summed E-state index contributed by atoms with van der Waals surface area (Å²) in [6.45, 7) is 9.42. The molecular weight excluding hydrogens is 1630 g/mol. The van der Waals surface area contributed by atoms with Crippen molar-refractivity contribution in [2.24, 2.45) is 0 Å². The van der Waals surface area contributed by atoms with Crippen molar-refractivity contribution in [2.75, 3.05) is 14.2 Å². The van der Waals surface area contributed by atoms with Crippen LogP contribution in [-0.2, 0) is 0 Å². The number of carbonyl (C=O) groups is 8. The third kappa shape index (κ3) is 16.3. The topological polar surface area (TPSA) is 497 Å². The van der Waals surface area contributed by atoms with Crippen molar-refractivity contribution >= 4 is 104 Å². The Morgan fingerprint density at radius 3 is 0.754 bits per heavy atom. The molecule has 12 N–H and O–H groups in total. The van der Waals surface area contributed by atoms with E-state index in [1.165, 1.54) is 41.9 Å². The van der Waals surface area contributed by atoms with Gasteiger partial charge in [0.1, 0.15) is 91.1 Å². The van der Waals surface area contributed by atoms with Gasteiger partial charge in [0.05, 0.1) is 25.3 Å². The molecule has 10 heterocycles. The van der Waals surface area contributed by atoms with Crippen molar-refractivity contribution in [1.29, 1.82) is 0 Å². The lowest BCUT2D eigenvalue weighted by Gasteiger charge is -2.22. The van der Waals surface area contributed by atoms with Gasteiger partial charge in [0.15, 0.2) is 23.1 Å². The molecule has 0 saturated heterocycles. The summed E-state index contributed by atoms with van der Waals surface area (Å²) in [4.78, 5) is 98.2. The highest BCUT2D eigenvalue weighted by molar-refractivity contribution is 6.51. The first-order chi connectivity index (χ1) is 60.2. The molecule has 24 rings (SSSR count). The van der Waals surface area contributed by atoms with Gasteiger partial charge in [0.25, 0.3) is 0 Å². The standard InChI is InChI=1S/2C11H11BO5.2C11H11BO4.2C11H11BO3.2C10H10BNO3/c2*1-16-8-3-2-5-6-4-7(6)12(15)17-10(5)9(8)11(13)14;2*1-5-2-3-6-7-4-8(7)12(15)16-10(6)9(5)11(13)14;2*1-6(13)7-3-2-4-8-9-5-10(9)12(14)15-11(7)8;2*1-5(13)9-10-6(2-3-12-9)7-4-8(7)11(14)15-10/h2*2-3,6-7,15H,4H2,1H3,(H,13,14);2*2-3,7-8,15H,4H2,1H3,(H,13,14);2*2-4,9-10,14H,5H2,1H3;2*2-3,7-8,14H,4H2,1H3/t2*6-,7-;2*7-,8-;2*9-,10-;2*7-,8-/m10101010/s1. The van der Waals surface area contributed by atoms with E-state index in [4.69, 9.17) is 56.9 Å². The van der Waals surface area contributed by atoms with E-state index in [-0.39, 0.29) is 139 Å². The van der Waals surface area contributed by atoms with E-state index in [1.807, 2.05) is 60.7 Å². The van der Waals surface area contributed by atoms with Crippen LogP contribution in [-0.4, -0.2) is 189 Å². The second-order valence-corrected chi connectivity index (χ2v) is 34.6. The molecule has 32 nitrogen and oxygen atoms in total. The molecule has 0 radical (unpaired) electrons. The third-order valence-electron chi connectivity index (χ3n) is 26.5. The number of carbonyl (C=O) groups excluding carboxylic acids is 4. The summed E-state index contributed by atoms with van der Waals surface area (Å²) >= 11 is 0. The average Bonchev–Trinajstić information content (AvgIpc) is 1.70. The number of para-hydroxylation sites is 2. The Balaban J connectivity index is 0.000000102. The number of carboxylic acids is 4. The lowest BCUT2D eigenvalue weighted by molar-refractivity contribution is 0.0679. The van der Waals surface area contributed by atoms with Crippen molar-refractivity contribution in [3.8, 4) is 57.5 Å². The number of Topliss-reactive ketones (excluding diaryl/α,β-unsaturated/α-hetero) is 4. The molecule has 0 amide bonds. The van der Waals surface area contributed by atoms with Crippen LogP contribution in [0.25, 0.3) is 0 Å². The summed E-state index contributed by atoms with van der Waals surface area (Å²) in [6, 6.07) is 29.3. The quantitative estimate of drug-likeness (QED) is 0.0447. The van der Waals surface area contributed by atoms with Gasteiger partial charge < -0.3 is 107 Å². The Morgan fingerprint density at radius 1 is 0.294 bits per heavy atom. The molecule has 8 aliphatic carbocycles. The Kier molecular flexibility index (Phi) is 23.1. The van der Waals surface area contributed by atoms with E-state index in [1.54, 1.807) is 62.6 Å². The van der Waals surface area contributed by atoms with E-state index in [9.17, 15) is 88.8 Å². The molecule has 16 atom stereocenters. The number of benzene rings is 6. The molecule has 0 bridgehead atoms. The van der Waals surface area contributed by atoms with Crippen molar-refractivity contribution in [3.05, 3.63) is 210 Å². The fourth-order valence-electron chi connectivity index (χ4n) is 19.0. The zero-order chi connectivity index (χ0) is 89.5. The van der Waals surface area contributed by atoms with Gasteiger partial charge >= 0.3 is 80.8 Å². The highest BCUT2D eigenvalue weighted by Gasteiger charge is 2.61. The van der Waals surface area contributed by atoms with Gasteiger partial charge in [-0.05, 0) is 218 Å². The number of rotatable bonds is 10. The first-order valence-corrected chi connectivity index (χ1v) is 41.8. The van der Waals surface area contributed by atoms with Crippen LogP contribution >= 0.6 is 0 Å². The number of aromatic nitrogens is 2. The second-order valence-electron chi connectivity index (χ2n) is 34.6. The second kappa shape index (κ2) is 33.6. The van der Waals surface area contributed by atoms with Crippen molar-refractivity contribution < 1.29 is 146 Å². The molecule has 8 fully saturated rings.